The number of carboxylic acids is 1. The summed E-state index contributed by atoms with van der Waals surface area (Å²) in [4.78, 5) is 17.4. The highest BCUT2D eigenvalue weighted by Crippen LogP contribution is 2.70. The lowest BCUT2D eigenvalue weighted by molar-refractivity contribution is -0.142. The maximum absolute atomic E-state index is 12.8. The van der Waals surface area contributed by atoms with Gasteiger partial charge < -0.3 is 20.2 Å². The third kappa shape index (κ3) is 4.29. The normalized spacial score (nSPS) is 30.4. The summed E-state index contributed by atoms with van der Waals surface area (Å²) in [5.74, 6) is -0.319. The van der Waals surface area contributed by atoms with Crippen LogP contribution in [0.4, 0.5) is 5.69 Å². The molecule has 214 valence electrons. The van der Waals surface area contributed by atoms with Crippen LogP contribution in [0.25, 0.3) is 0 Å². The lowest BCUT2D eigenvalue weighted by Crippen LogP contribution is -2.50. The van der Waals surface area contributed by atoms with Gasteiger partial charge in [-0.05, 0) is 79.5 Å². The average molecular weight is 545 g/mol. The van der Waals surface area contributed by atoms with E-state index in [1.807, 2.05) is 4.90 Å². The molecule has 1 saturated heterocycles. The Morgan fingerprint density at radius 1 is 0.900 bits per heavy atom. The van der Waals surface area contributed by atoms with Crippen molar-refractivity contribution < 1.29 is 20.1 Å². The van der Waals surface area contributed by atoms with Gasteiger partial charge in [0.2, 0.25) is 0 Å². The number of anilines is 1. The Bertz CT molecular complexity index is 1240. The summed E-state index contributed by atoms with van der Waals surface area (Å²) in [5.41, 5.74) is 3.02. The number of aliphatic hydroxyl groups is 2. The van der Waals surface area contributed by atoms with Gasteiger partial charge in [0.05, 0.1) is 5.41 Å². The van der Waals surface area contributed by atoms with Crippen molar-refractivity contribution in [2.75, 3.05) is 24.5 Å². The van der Waals surface area contributed by atoms with E-state index in [9.17, 15) is 20.1 Å². The van der Waals surface area contributed by atoms with Gasteiger partial charge in [0.25, 0.3) is 0 Å². The van der Waals surface area contributed by atoms with Crippen LogP contribution in [0.2, 0.25) is 0 Å². The maximum atomic E-state index is 12.8. The summed E-state index contributed by atoms with van der Waals surface area (Å²) in [6.07, 6.45) is 11.5. The first-order chi connectivity index (χ1) is 19.4. The number of piperidine rings is 1. The summed E-state index contributed by atoms with van der Waals surface area (Å²) in [6.45, 7) is 2.30. The van der Waals surface area contributed by atoms with Crippen LogP contribution in [0.15, 0.2) is 48.5 Å². The molecule has 0 amide bonds. The number of carboxylic acid groups (broad SMARTS) is 1. The molecule has 3 aliphatic carbocycles. The number of nitrogens with zero attached hydrogens (tertiary/aromatic N) is 2. The van der Waals surface area contributed by atoms with Crippen LogP contribution in [0.1, 0.15) is 93.2 Å². The third-order valence-corrected chi connectivity index (χ3v) is 11.4. The molecule has 3 N–H and O–H groups in total. The van der Waals surface area contributed by atoms with Crippen molar-refractivity contribution in [3.8, 4) is 0 Å². The number of hydrogen-bond acceptors (Lipinski definition) is 5. The van der Waals surface area contributed by atoms with Gasteiger partial charge in [-0.3, -0.25) is 9.69 Å². The molecule has 6 nitrogen and oxygen atoms in total. The zero-order valence-electron chi connectivity index (χ0n) is 23.6. The molecule has 7 rings (SSSR count). The van der Waals surface area contributed by atoms with Crippen LogP contribution in [0, 0.1) is 5.41 Å². The summed E-state index contributed by atoms with van der Waals surface area (Å²) >= 11 is 0. The first kappa shape index (κ1) is 26.5. The predicted octanol–water partition coefficient (Wildman–Crippen LogP) is 5.21. The van der Waals surface area contributed by atoms with E-state index in [0.29, 0.717) is 44.3 Å². The fourth-order valence-electron chi connectivity index (χ4n) is 8.63. The van der Waals surface area contributed by atoms with Crippen molar-refractivity contribution in [2.24, 2.45) is 5.41 Å². The number of para-hydroxylation sites is 1. The fraction of sp³-hybridized carbons (Fsp3) is 0.618. The van der Waals surface area contributed by atoms with E-state index in [0.717, 1.165) is 31.4 Å². The van der Waals surface area contributed by atoms with Crippen molar-refractivity contribution >= 4 is 11.7 Å². The molecule has 6 heteroatoms. The van der Waals surface area contributed by atoms with E-state index >= 15 is 0 Å². The van der Waals surface area contributed by atoms with Crippen LogP contribution in [-0.2, 0) is 16.6 Å². The molecular weight excluding hydrogens is 500 g/mol. The van der Waals surface area contributed by atoms with Crippen molar-refractivity contribution in [3.63, 3.8) is 0 Å². The van der Waals surface area contributed by atoms with Crippen molar-refractivity contribution in [3.05, 3.63) is 65.2 Å². The first-order valence-electron chi connectivity index (χ1n) is 15.7. The molecule has 0 radical (unpaired) electrons. The summed E-state index contributed by atoms with van der Waals surface area (Å²) < 4.78 is 0. The topological polar surface area (TPSA) is 84.2 Å². The van der Waals surface area contributed by atoms with Crippen molar-refractivity contribution in [2.45, 2.75) is 106 Å². The van der Waals surface area contributed by atoms with Gasteiger partial charge in [0.15, 0.2) is 0 Å². The highest BCUT2D eigenvalue weighted by molar-refractivity contribution is 5.87. The Hall–Kier alpha value is -2.41. The quantitative estimate of drug-likeness (QED) is 0.433. The molecule has 2 unspecified atom stereocenters. The highest BCUT2D eigenvalue weighted by atomic mass is 16.4. The number of likely N-dealkylation sites (tertiary alicyclic amines) is 1. The summed E-state index contributed by atoms with van der Waals surface area (Å²) in [7, 11) is 0. The monoisotopic (exact) mass is 544 g/mol. The van der Waals surface area contributed by atoms with Crippen LogP contribution in [0.3, 0.4) is 0 Å². The second-order valence-corrected chi connectivity index (χ2v) is 13.6. The predicted molar refractivity (Wildman–Crippen MR) is 156 cm³/mol. The Balaban J connectivity index is 1.10. The molecule has 3 saturated carbocycles. The smallest absolute Gasteiger partial charge is 0.314 e. The molecule has 2 aliphatic heterocycles. The molecule has 2 heterocycles. The standard InChI is InChI=1S/C34H44N2O4/c37-30(33(40)15-16-33)35-19-17-32(18-20-35)23-34(32,31(38)39)27-13-11-24(12-14-27)26-21-25-7-5-6-10-29(25)36(22-26)28-8-3-1-2-4-9-28/h5-7,10-14,26,28,30,37,40H,1-4,8-9,15-23H2,(H,38,39)/t26?,30?,34-/m1/s1. The minimum absolute atomic E-state index is 0.261. The Morgan fingerprint density at radius 2 is 1.57 bits per heavy atom. The number of aliphatic hydroxyl groups excluding tert-OH is 1. The molecule has 0 bridgehead atoms. The third-order valence-electron chi connectivity index (χ3n) is 11.4. The van der Waals surface area contributed by atoms with E-state index in [4.69, 9.17) is 0 Å². The van der Waals surface area contributed by atoms with Crippen LogP contribution in [0.5, 0.6) is 0 Å². The number of fused-ring (bicyclic) bond motifs is 1. The molecule has 2 aromatic carbocycles. The number of hydrogen-bond donors (Lipinski definition) is 3. The maximum Gasteiger partial charge on any atom is 0.314 e. The minimum Gasteiger partial charge on any atom is -0.481 e. The van der Waals surface area contributed by atoms with E-state index in [1.165, 1.54) is 55.3 Å². The van der Waals surface area contributed by atoms with E-state index < -0.39 is 23.2 Å². The van der Waals surface area contributed by atoms with Crippen molar-refractivity contribution in [1.29, 1.82) is 0 Å². The Kier molecular flexibility index (Phi) is 6.52. The van der Waals surface area contributed by atoms with E-state index in [-0.39, 0.29) is 5.41 Å². The van der Waals surface area contributed by atoms with Gasteiger partial charge in [-0.15, -0.1) is 0 Å². The van der Waals surface area contributed by atoms with Gasteiger partial charge in [0, 0.05) is 37.3 Å². The lowest BCUT2D eigenvalue weighted by atomic mass is 9.79. The molecule has 5 aliphatic rings. The summed E-state index contributed by atoms with van der Waals surface area (Å²) in [6, 6.07) is 18.1. The molecule has 3 atom stereocenters. The Morgan fingerprint density at radius 3 is 2.23 bits per heavy atom. The largest absolute Gasteiger partial charge is 0.481 e. The Labute approximate surface area is 238 Å². The van der Waals surface area contributed by atoms with Crippen LogP contribution >= 0.6 is 0 Å². The van der Waals surface area contributed by atoms with Gasteiger partial charge in [-0.25, -0.2) is 0 Å². The molecule has 0 aromatic heterocycles. The number of carbonyl (C=O) groups is 1. The number of benzene rings is 2. The van der Waals surface area contributed by atoms with Crippen molar-refractivity contribution in [1.82, 2.24) is 4.90 Å². The molecular formula is C34H44N2O4. The molecule has 1 spiro atoms. The van der Waals surface area contributed by atoms with Gasteiger partial charge in [0.1, 0.15) is 11.8 Å². The zero-order chi connectivity index (χ0) is 27.5. The average Bonchev–Trinajstić information content (AvgIpc) is 3.89. The minimum atomic E-state index is -0.959. The molecule has 2 aromatic rings. The number of rotatable bonds is 6. The zero-order valence-corrected chi connectivity index (χ0v) is 23.6. The van der Waals surface area contributed by atoms with Gasteiger partial charge >= 0.3 is 5.97 Å². The van der Waals surface area contributed by atoms with Gasteiger partial charge in [-0.2, -0.15) is 0 Å². The van der Waals surface area contributed by atoms with Gasteiger partial charge in [-0.1, -0.05) is 68.1 Å². The first-order valence-corrected chi connectivity index (χ1v) is 15.7. The second-order valence-electron chi connectivity index (χ2n) is 13.6. The lowest BCUT2D eigenvalue weighted by Gasteiger charge is -2.41. The van der Waals surface area contributed by atoms with Crippen LogP contribution in [-0.4, -0.2) is 63.7 Å². The second kappa shape index (κ2) is 9.85. The highest BCUT2D eigenvalue weighted by Gasteiger charge is 2.73. The van der Waals surface area contributed by atoms with E-state index in [1.54, 1.807) is 0 Å². The molecule has 4 fully saturated rings. The van der Waals surface area contributed by atoms with Crippen LogP contribution < -0.4 is 4.90 Å². The molecule has 40 heavy (non-hydrogen) atoms. The fourth-order valence-corrected chi connectivity index (χ4v) is 8.63. The van der Waals surface area contributed by atoms with E-state index in [2.05, 4.69) is 53.4 Å². The SMILES string of the molecule is O=C(O)[C@]1(c2ccc(C3Cc4ccccc4N(C4CCCCCC4)C3)cc2)CC12CCN(C(O)C1(O)CC1)CC2. The summed E-state index contributed by atoms with van der Waals surface area (Å²) in [5, 5.41) is 31.5. The number of aliphatic carboxylic acids is 1.